The van der Waals surface area contributed by atoms with Gasteiger partial charge in [-0.1, -0.05) is 42.5 Å². The zero-order chi connectivity index (χ0) is 23.8. The van der Waals surface area contributed by atoms with Gasteiger partial charge in [-0.25, -0.2) is 9.78 Å². The van der Waals surface area contributed by atoms with Crippen LogP contribution in [0.15, 0.2) is 64.2 Å². The smallest absolute Gasteiger partial charge is 0.396 e. The van der Waals surface area contributed by atoms with Gasteiger partial charge in [0.05, 0.1) is 5.56 Å². The summed E-state index contributed by atoms with van der Waals surface area (Å²) in [7, 11) is 1.48. The molecule has 2 aromatic heterocycles. The molecule has 0 aliphatic carbocycles. The molecule has 7 nitrogen and oxygen atoms in total. The van der Waals surface area contributed by atoms with E-state index < -0.39 is 23.0 Å². The van der Waals surface area contributed by atoms with Gasteiger partial charge in [0.25, 0.3) is 5.56 Å². The number of aromatic nitrogens is 4. The van der Waals surface area contributed by atoms with E-state index in [1.165, 1.54) is 23.7 Å². The van der Waals surface area contributed by atoms with E-state index in [1.807, 2.05) is 30.3 Å². The zero-order valence-corrected chi connectivity index (χ0v) is 17.7. The molecule has 10 heteroatoms. The molecule has 0 spiro atoms. The van der Waals surface area contributed by atoms with Crippen LogP contribution in [0.25, 0.3) is 22.6 Å². The maximum absolute atomic E-state index is 13.3. The Hall–Kier alpha value is -3.66. The number of nitrogens with zero attached hydrogens (tertiary/aromatic N) is 4. The Bertz CT molecular complexity index is 1400. The molecule has 2 aromatic carbocycles. The summed E-state index contributed by atoms with van der Waals surface area (Å²) in [4.78, 5) is 30.6. The summed E-state index contributed by atoms with van der Waals surface area (Å²) >= 11 is 0. The van der Waals surface area contributed by atoms with Gasteiger partial charge in [0.1, 0.15) is 5.82 Å². The van der Waals surface area contributed by atoms with E-state index in [2.05, 4.69) is 4.98 Å². The molecular weight excluding hydrogens is 437 g/mol. The second kappa shape index (κ2) is 8.70. The Morgan fingerprint density at radius 2 is 1.64 bits per heavy atom. The van der Waals surface area contributed by atoms with Gasteiger partial charge in [0.15, 0.2) is 11.2 Å². The molecule has 33 heavy (non-hydrogen) atoms. The van der Waals surface area contributed by atoms with Gasteiger partial charge in [-0.05, 0) is 24.1 Å². The summed E-state index contributed by atoms with van der Waals surface area (Å²) in [5, 5.41) is 9.15. The first-order chi connectivity index (χ1) is 15.7. The van der Waals surface area contributed by atoms with Gasteiger partial charge in [0.2, 0.25) is 0 Å². The highest BCUT2D eigenvalue weighted by atomic mass is 19.4. The second-order valence-electron chi connectivity index (χ2n) is 7.63. The van der Waals surface area contributed by atoms with Crippen molar-refractivity contribution >= 4 is 11.2 Å². The number of halogens is 3. The topological polar surface area (TPSA) is 82.0 Å². The van der Waals surface area contributed by atoms with E-state index in [0.717, 1.165) is 22.3 Å². The summed E-state index contributed by atoms with van der Waals surface area (Å²) in [5.41, 5.74) is -0.419. The molecule has 0 aliphatic rings. The average molecular weight is 458 g/mol. The van der Waals surface area contributed by atoms with Gasteiger partial charge in [0, 0.05) is 32.3 Å². The summed E-state index contributed by atoms with van der Waals surface area (Å²) < 4.78 is 43.0. The summed E-state index contributed by atoms with van der Waals surface area (Å²) in [5.74, 6) is 0.273. The van der Waals surface area contributed by atoms with Crippen molar-refractivity contribution in [2.75, 3.05) is 6.61 Å². The van der Waals surface area contributed by atoms with Gasteiger partial charge in [-0.2, -0.15) is 13.2 Å². The van der Waals surface area contributed by atoms with Crippen molar-refractivity contribution in [3.05, 3.63) is 86.6 Å². The average Bonchev–Trinajstić information content (AvgIpc) is 3.17. The Balaban J connectivity index is 1.98. The fraction of sp³-hybridized carbons (Fsp3) is 0.261. The number of rotatable bonds is 6. The number of aliphatic hydroxyl groups is 1. The third kappa shape index (κ3) is 4.21. The van der Waals surface area contributed by atoms with Crippen molar-refractivity contribution in [1.82, 2.24) is 18.7 Å². The minimum Gasteiger partial charge on any atom is -0.396 e. The minimum absolute atomic E-state index is 0.0318. The molecule has 172 valence electrons. The maximum Gasteiger partial charge on any atom is 0.416 e. The number of benzene rings is 2. The standard InChI is InChI=1S/C23H21F3N4O3/c1-28-20-18(21(32)29(22(28)33)12-5-13-31)30(14-15-6-3-2-4-7-15)19(27-20)16-8-10-17(11-9-16)23(24,25)26/h2-4,6-11,31H,5,12-14H2,1H3. The molecule has 0 bridgehead atoms. The van der Waals surface area contributed by atoms with Crippen molar-refractivity contribution in [3.8, 4) is 11.4 Å². The van der Waals surface area contributed by atoms with Gasteiger partial charge in [-0.3, -0.25) is 13.9 Å². The van der Waals surface area contributed by atoms with Crippen LogP contribution >= 0.6 is 0 Å². The molecule has 0 radical (unpaired) electrons. The highest BCUT2D eigenvalue weighted by molar-refractivity contribution is 5.77. The highest BCUT2D eigenvalue weighted by Gasteiger charge is 2.30. The van der Waals surface area contributed by atoms with E-state index in [0.29, 0.717) is 5.56 Å². The third-order valence-corrected chi connectivity index (χ3v) is 5.43. The van der Waals surface area contributed by atoms with Crippen molar-refractivity contribution in [2.24, 2.45) is 7.05 Å². The van der Waals surface area contributed by atoms with Crippen LogP contribution in [-0.2, 0) is 26.3 Å². The van der Waals surface area contributed by atoms with Gasteiger partial charge < -0.3 is 9.67 Å². The molecule has 0 saturated heterocycles. The molecule has 1 N–H and O–H groups in total. The van der Waals surface area contributed by atoms with Crippen molar-refractivity contribution in [2.45, 2.75) is 25.7 Å². The van der Waals surface area contributed by atoms with E-state index in [9.17, 15) is 22.8 Å². The quantitative estimate of drug-likeness (QED) is 0.482. The molecule has 4 aromatic rings. The first-order valence-electron chi connectivity index (χ1n) is 10.2. The van der Waals surface area contributed by atoms with Gasteiger partial charge >= 0.3 is 11.9 Å². The SMILES string of the molecule is Cn1c(=O)n(CCCO)c(=O)c2c1nc(-c1ccc(C(F)(F)F)cc1)n2Cc1ccccc1. The molecule has 0 aliphatic heterocycles. The van der Waals surface area contributed by atoms with E-state index >= 15 is 0 Å². The lowest BCUT2D eigenvalue weighted by atomic mass is 10.1. The van der Waals surface area contributed by atoms with Crippen LogP contribution < -0.4 is 11.2 Å². The lowest BCUT2D eigenvalue weighted by Crippen LogP contribution is -2.39. The molecule has 4 rings (SSSR count). The summed E-state index contributed by atoms with van der Waals surface area (Å²) in [6.07, 6.45) is -4.26. The number of aryl methyl sites for hydroxylation is 1. The van der Waals surface area contributed by atoms with Crippen molar-refractivity contribution in [3.63, 3.8) is 0 Å². The zero-order valence-electron chi connectivity index (χ0n) is 17.7. The second-order valence-corrected chi connectivity index (χ2v) is 7.63. The van der Waals surface area contributed by atoms with Crippen LogP contribution in [-0.4, -0.2) is 30.4 Å². The number of fused-ring (bicyclic) bond motifs is 1. The third-order valence-electron chi connectivity index (χ3n) is 5.43. The van der Waals surface area contributed by atoms with E-state index in [1.54, 1.807) is 4.57 Å². The fourth-order valence-electron chi connectivity index (χ4n) is 3.75. The van der Waals surface area contributed by atoms with Crippen LogP contribution in [0, 0.1) is 0 Å². The molecule has 0 atom stereocenters. The Kier molecular flexibility index (Phi) is 5.94. The number of hydrogen-bond acceptors (Lipinski definition) is 4. The molecule has 0 unspecified atom stereocenters. The Morgan fingerprint density at radius 1 is 0.970 bits per heavy atom. The normalized spacial score (nSPS) is 11.9. The number of imidazole rings is 1. The van der Waals surface area contributed by atoms with Crippen molar-refractivity contribution in [1.29, 1.82) is 0 Å². The van der Waals surface area contributed by atoms with Crippen LogP contribution in [0.2, 0.25) is 0 Å². The molecule has 2 heterocycles. The highest BCUT2D eigenvalue weighted by Crippen LogP contribution is 2.31. The predicted octanol–water partition coefficient (Wildman–Crippen LogP) is 3.01. The number of alkyl halides is 3. The van der Waals surface area contributed by atoms with Gasteiger partial charge in [-0.15, -0.1) is 0 Å². The lowest BCUT2D eigenvalue weighted by molar-refractivity contribution is -0.137. The predicted molar refractivity (Wildman–Crippen MR) is 117 cm³/mol. The van der Waals surface area contributed by atoms with E-state index in [-0.39, 0.29) is 43.1 Å². The molecular formula is C23H21F3N4O3. The van der Waals surface area contributed by atoms with Crippen LogP contribution in [0.3, 0.4) is 0 Å². The van der Waals surface area contributed by atoms with Crippen LogP contribution in [0.4, 0.5) is 13.2 Å². The fourth-order valence-corrected chi connectivity index (χ4v) is 3.75. The first-order valence-corrected chi connectivity index (χ1v) is 10.2. The first kappa shape index (κ1) is 22.5. The Labute approximate surface area is 186 Å². The number of hydrogen-bond donors (Lipinski definition) is 1. The molecule has 0 amide bonds. The molecule has 0 saturated carbocycles. The Morgan fingerprint density at radius 3 is 2.24 bits per heavy atom. The monoisotopic (exact) mass is 458 g/mol. The van der Waals surface area contributed by atoms with Crippen molar-refractivity contribution < 1.29 is 18.3 Å². The minimum atomic E-state index is -4.48. The summed E-state index contributed by atoms with van der Waals surface area (Å²) in [6.45, 7) is 0.0684. The number of aliphatic hydroxyl groups excluding tert-OH is 1. The maximum atomic E-state index is 13.3. The largest absolute Gasteiger partial charge is 0.416 e. The lowest BCUT2D eigenvalue weighted by Gasteiger charge is -2.12. The van der Waals surface area contributed by atoms with Crippen LogP contribution in [0.5, 0.6) is 0 Å². The molecule has 0 fully saturated rings. The van der Waals surface area contributed by atoms with E-state index in [4.69, 9.17) is 5.11 Å². The van der Waals surface area contributed by atoms with Crippen LogP contribution in [0.1, 0.15) is 17.5 Å². The summed E-state index contributed by atoms with van der Waals surface area (Å²) in [6, 6.07) is 13.7.